The summed E-state index contributed by atoms with van der Waals surface area (Å²) in [5.41, 5.74) is 5.59. The smallest absolute Gasteiger partial charge is 0.306 e. The number of aromatic nitrogens is 1. The molecule has 6 nitrogen and oxygen atoms in total. The second-order valence-corrected chi connectivity index (χ2v) is 11.2. The number of carbonyl (C=O) groups is 1. The summed E-state index contributed by atoms with van der Waals surface area (Å²) in [6, 6.07) is 14.5. The first-order valence-corrected chi connectivity index (χ1v) is 14.4. The van der Waals surface area contributed by atoms with Crippen molar-refractivity contribution in [1.29, 1.82) is 0 Å². The van der Waals surface area contributed by atoms with Gasteiger partial charge in [0, 0.05) is 24.2 Å². The first-order valence-electron chi connectivity index (χ1n) is 14.4. The number of hydrogen-bond acceptors (Lipinski definition) is 5. The molecule has 7 heteroatoms. The van der Waals surface area contributed by atoms with Gasteiger partial charge in [-0.15, -0.1) is 0 Å². The largest absolute Gasteiger partial charge is 0.485 e. The molecule has 2 aliphatic heterocycles. The van der Waals surface area contributed by atoms with Crippen molar-refractivity contribution >= 4 is 5.97 Å². The number of halogens is 1. The molecule has 1 saturated heterocycles. The van der Waals surface area contributed by atoms with Crippen LogP contribution in [0.5, 0.6) is 11.6 Å². The van der Waals surface area contributed by atoms with Crippen LogP contribution in [-0.2, 0) is 24.2 Å². The van der Waals surface area contributed by atoms with Gasteiger partial charge in [-0.25, -0.2) is 9.37 Å². The number of benzene rings is 2. The van der Waals surface area contributed by atoms with E-state index in [2.05, 4.69) is 28.9 Å². The zero-order valence-corrected chi connectivity index (χ0v) is 23.7. The summed E-state index contributed by atoms with van der Waals surface area (Å²) in [7, 11) is 1.54. The van der Waals surface area contributed by atoms with Crippen molar-refractivity contribution in [2.24, 2.45) is 5.92 Å². The Morgan fingerprint density at radius 2 is 2.02 bits per heavy atom. The number of methoxy groups -OCH3 is 1. The van der Waals surface area contributed by atoms with E-state index in [-0.39, 0.29) is 11.9 Å². The van der Waals surface area contributed by atoms with Crippen LogP contribution in [0.3, 0.4) is 0 Å². The second-order valence-electron chi connectivity index (χ2n) is 11.2. The highest BCUT2D eigenvalue weighted by molar-refractivity contribution is 5.70. The molecule has 0 aliphatic carbocycles. The number of nitrogens with zero attached hydrogens (tertiary/aromatic N) is 2. The van der Waals surface area contributed by atoms with Crippen LogP contribution in [0.15, 0.2) is 48.7 Å². The molecule has 3 aromatic rings. The molecular weight excluding hydrogens is 507 g/mol. The van der Waals surface area contributed by atoms with Gasteiger partial charge in [0.05, 0.1) is 19.2 Å². The highest BCUT2D eigenvalue weighted by Gasteiger charge is 2.26. The number of likely N-dealkylation sites (tertiary alicyclic amines) is 1. The molecule has 0 saturated carbocycles. The van der Waals surface area contributed by atoms with E-state index in [0.717, 1.165) is 65.9 Å². The number of pyridine rings is 1. The molecule has 1 N–H and O–H groups in total. The van der Waals surface area contributed by atoms with Gasteiger partial charge < -0.3 is 14.6 Å². The fraction of sp³-hybridized carbons (Fsp3) is 0.455. The molecule has 0 amide bonds. The Labute approximate surface area is 236 Å². The van der Waals surface area contributed by atoms with Crippen LogP contribution in [0, 0.1) is 11.7 Å². The topological polar surface area (TPSA) is 71.9 Å². The van der Waals surface area contributed by atoms with Gasteiger partial charge in [0.25, 0.3) is 0 Å². The molecule has 0 bridgehead atoms. The van der Waals surface area contributed by atoms with E-state index in [4.69, 9.17) is 9.47 Å². The van der Waals surface area contributed by atoms with E-state index in [0.29, 0.717) is 23.9 Å². The van der Waals surface area contributed by atoms with Crippen molar-refractivity contribution in [1.82, 2.24) is 9.88 Å². The van der Waals surface area contributed by atoms with Gasteiger partial charge in [-0.1, -0.05) is 50.6 Å². The van der Waals surface area contributed by atoms with Crippen molar-refractivity contribution in [3.63, 3.8) is 0 Å². The Morgan fingerprint density at radius 3 is 2.80 bits per heavy atom. The minimum atomic E-state index is -0.800. The first-order chi connectivity index (χ1) is 19.4. The summed E-state index contributed by atoms with van der Waals surface area (Å²) in [4.78, 5) is 17.9. The third-order valence-corrected chi connectivity index (χ3v) is 8.46. The lowest BCUT2D eigenvalue weighted by Gasteiger charge is -2.36. The number of carboxylic acid groups (broad SMARTS) is 1. The Morgan fingerprint density at radius 1 is 1.18 bits per heavy atom. The lowest BCUT2D eigenvalue weighted by atomic mass is 9.91. The molecule has 2 unspecified atom stereocenters. The number of carboxylic acids is 1. The average Bonchev–Trinajstić information content (AvgIpc) is 2.97. The quantitative estimate of drug-likeness (QED) is 0.312. The molecule has 0 spiro atoms. The zero-order valence-electron chi connectivity index (χ0n) is 23.7. The van der Waals surface area contributed by atoms with E-state index in [9.17, 15) is 9.90 Å². The van der Waals surface area contributed by atoms with E-state index < -0.39 is 11.9 Å². The van der Waals surface area contributed by atoms with Gasteiger partial charge in [0.2, 0.25) is 5.88 Å². The maximum atomic E-state index is 15.1. The predicted molar refractivity (Wildman–Crippen MR) is 153 cm³/mol. The Bertz CT molecular complexity index is 1360. The molecule has 5 rings (SSSR count). The van der Waals surface area contributed by atoms with E-state index >= 15 is 4.39 Å². The van der Waals surface area contributed by atoms with Crippen LogP contribution in [0.1, 0.15) is 74.3 Å². The van der Waals surface area contributed by atoms with Crippen LogP contribution >= 0.6 is 0 Å². The van der Waals surface area contributed by atoms with Gasteiger partial charge in [-0.3, -0.25) is 9.69 Å². The van der Waals surface area contributed by atoms with Crippen molar-refractivity contribution in [2.45, 2.75) is 77.5 Å². The molecular formula is C33H39FN2O4. The normalized spacial score (nSPS) is 19.9. The zero-order chi connectivity index (χ0) is 28.2. The van der Waals surface area contributed by atoms with E-state index in [1.807, 2.05) is 24.3 Å². The van der Waals surface area contributed by atoms with E-state index in [1.165, 1.54) is 25.5 Å². The molecule has 2 aliphatic rings. The summed E-state index contributed by atoms with van der Waals surface area (Å²) in [6.45, 7) is 5.75. The Kier molecular flexibility index (Phi) is 8.69. The predicted octanol–water partition coefficient (Wildman–Crippen LogP) is 6.99. The highest BCUT2D eigenvalue weighted by Crippen LogP contribution is 2.39. The maximum absolute atomic E-state index is 15.1. The minimum Gasteiger partial charge on any atom is -0.485 e. The van der Waals surface area contributed by atoms with Gasteiger partial charge in [-0.2, -0.15) is 0 Å². The fourth-order valence-corrected chi connectivity index (χ4v) is 6.11. The van der Waals surface area contributed by atoms with Gasteiger partial charge >= 0.3 is 5.97 Å². The van der Waals surface area contributed by atoms with Crippen LogP contribution in [0.4, 0.5) is 4.39 Å². The Balaban J connectivity index is 1.47. The molecule has 1 aromatic heterocycles. The number of rotatable bonds is 9. The van der Waals surface area contributed by atoms with Crippen LogP contribution in [-0.4, -0.2) is 40.7 Å². The van der Waals surface area contributed by atoms with Crippen molar-refractivity contribution in [3.05, 3.63) is 76.7 Å². The number of ether oxygens (including phenoxy) is 2. The van der Waals surface area contributed by atoms with Crippen LogP contribution in [0.25, 0.3) is 11.1 Å². The molecule has 0 radical (unpaired) electrons. The fourth-order valence-electron chi connectivity index (χ4n) is 6.11. The molecule has 40 heavy (non-hydrogen) atoms. The van der Waals surface area contributed by atoms with Gasteiger partial charge in [-0.05, 0) is 79.0 Å². The SMILES string of the molecule is CCC1CCCCN1Cc1cc([C@@H]2CCc3ccc(CC(C)C(=O)O)cc3O2)ccc1-c1cc(OC)ncc1F. The third-order valence-electron chi connectivity index (χ3n) is 8.46. The number of hydrogen-bond donors (Lipinski definition) is 1. The van der Waals surface area contributed by atoms with Crippen molar-refractivity contribution < 1.29 is 23.8 Å². The summed E-state index contributed by atoms with van der Waals surface area (Å²) in [5.74, 6) is -0.417. The van der Waals surface area contributed by atoms with Gasteiger partial charge in [0.1, 0.15) is 17.7 Å². The van der Waals surface area contributed by atoms with Crippen molar-refractivity contribution in [2.75, 3.05) is 13.7 Å². The van der Waals surface area contributed by atoms with Gasteiger partial charge in [0.15, 0.2) is 0 Å². The highest BCUT2D eigenvalue weighted by atomic mass is 19.1. The second kappa shape index (κ2) is 12.4. The number of aliphatic carboxylic acids is 1. The summed E-state index contributed by atoms with van der Waals surface area (Å²) in [6.07, 6.45) is 7.99. The molecule has 3 atom stereocenters. The first kappa shape index (κ1) is 28.1. The van der Waals surface area contributed by atoms with Crippen LogP contribution < -0.4 is 9.47 Å². The Hall–Kier alpha value is -3.45. The number of aryl methyl sites for hydroxylation is 1. The molecule has 1 fully saturated rings. The summed E-state index contributed by atoms with van der Waals surface area (Å²) < 4.78 is 26.9. The monoisotopic (exact) mass is 546 g/mol. The molecule has 212 valence electrons. The minimum absolute atomic E-state index is 0.132. The van der Waals surface area contributed by atoms with Crippen LogP contribution in [0.2, 0.25) is 0 Å². The summed E-state index contributed by atoms with van der Waals surface area (Å²) >= 11 is 0. The lowest BCUT2D eigenvalue weighted by Crippen LogP contribution is -2.38. The third kappa shape index (κ3) is 6.15. The lowest BCUT2D eigenvalue weighted by molar-refractivity contribution is -0.141. The number of fused-ring (bicyclic) bond motifs is 1. The number of piperidine rings is 1. The van der Waals surface area contributed by atoms with Crippen molar-refractivity contribution in [3.8, 4) is 22.8 Å². The summed E-state index contributed by atoms with van der Waals surface area (Å²) in [5, 5.41) is 9.33. The maximum Gasteiger partial charge on any atom is 0.306 e. The molecule has 3 heterocycles. The average molecular weight is 547 g/mol. The molecule has 2 aromatic carbocycles. The standard InChI is InChI=1S/C33H39FN2O4/c1-4-26-7-5-6-14-36(26)20-25-17-24(10-12-27(25)28-18-32(39-3)35-19-29(28)34)30-13-11-23-9-8-22(16-31(23)40-30)15-21(2)33(37)38/h8-10,12,16-19,21,26,30H,4-7,11,13-15,20H2,1-3H3,(H,37,38)/t21?,26?,30-/m0/s1. The van der Waals surface area contributed by atoms with E-state index in [1.54, 1.807) is 20.1 Å².